The van der Waals surface area contributed by atoms with Crippen LogP contribution in [0.4, 0.5) is 0 Å². The molecule has 0 aromatic heterocycles. The van der Waals surface area contributed by atoms with Gasteiger partial charge in [0.15, 0.2) is 0 Å². The van der Waals surface area contributed by atoms with Crippen molar-refractivity contribution in [1.29, 1.82) is 0 Å². The molecule has 0 saturated heterocycles. The Morgan fingerprint density at radius 1 is 1.41 bits per heavy atom. The molecule has 0 aliphatic carbocycles. The summed E-state index contributed by atoms with van der Waals surface area (Å²) in [6.45, 7) is 8.19. The van der Waals surface area contributed by atoms with Crippen LogP contribution >= 0.6 is 11.6 Å². The third kappa shape index (κ3) is 5.42. The molecule has 1 N–H and O–H groups in total. The van der Waals surface area contributed by atoms with E-state index < -0.39 is 0 Å². The molecule has 0 spiro atoms. The van der Waals surface area contributed by atoms with Crippen LogP contribution in [0.5, 0.6) is 5.75 Å². The first-order valence-electron chi connectivity index (χ1n) is 6.27. The molecule has 3 heteroatoms. The monoisotopic (exact) mass is 255 g/mol. The predicted octanol–water partition coefficient (Wildman–Crippen LogP) is 3.81. The number of benzene rings is 1. The highest BCUT2D eigenvalue weighted by molar-refractivity contribution is 6.31. The Kier molecular flexibility index (Phi) is 6.38. The van der Waals surface area contributed by atoms with Gasteiger partial charge in [0.1, 0.15) is 11.9 Å². The summed E-state index contributed by atoms with van der Waals surface area (Å²) in [7, 11) is 0. The van der Waals surface area contributed by atoms with Gasteiger partial charge < -0.3 is 10.1 Å². The van der Waals surface area contributed by atoms with Crippen molar-refractivity contribution in [3.05, 3.63) is 28.8 Å². The van der Waals surface area contributed by atoms with Crippen LogP contribution in [-0.2, 0) is 0 Å². The van der Waals surface area contributed by atoms with E-state index >= 15 is 0 Å². The standard InChI is InChI=1S/C14H22ClNO/c1-4-5-8-16-10-12(3)17-13-6-7-14(15)11(2)9-13/h6-7,9,12,16H,4-5,8,10H2,1-3H3. The number of hydrogen-bond donors (Lipinski definition) is 1. The van der Waals surface area contributed by atoms with Crippen LogP contribution in [0.25, 0.3) is 0 Å². The largest absolute Gasteiger partial charge is 0.489 e. The molecule has 0 aliphatic rings. The molecule has 0 fully saturated rings. The van der Waals surface area contributed by atoms with Gasteiger partial charge in [0.25, 0.3) is 0 Å². The van der Waals surface area contributed by atoms with Crippen LogP contribution in [0, 0.1) is 6.92 Å². The number of halogens is 1. The van der Waals surface area contributed by atoms with Gasteiger partial charge in [-0.2, -0.15) is 0 Å². The van der Waals surface area contributed by atoms with Crippen LogP contribution in [0.3, 0.4) is 0 Å². The molecule has 2 nitrogen and oxygen atoms in total. The van der Waals surface area contributed by atoms with Gasteiger partial charge in [-0.25, -0.2) is 0 Å². The molecular weight excluding hydrogens is 234 g/mol. The first-order chi connectivity index (χ1) is 8.13. The van der Waals surface area contributed by atoms with Crippen molar-refractivity contribution >= 4 is 11.6 Å². The van der Waals surface area contributed by atoms with E-state index in [9.17, 15) is 0 Å². The smallest absolute Gasteiger partial charge is 0.120 e. The fourth-order valence-electron chi connectivity index (χ4n) is 1.57. The lowest BCUT2D eigenvalue weighted by molar-refractivity contribution is 0.217. The summed E-state index contributed by atoms with van der Waals surface area (Å²) in [6.07, 6.45) is 2.61. The molecule has 0 radical (unpaired) electrons. The van der Waals surface area contributed by atoms with Gasteiger partial charge >= 0.3 is 0 Å². The van der Waals surface area contributed by atoms with Crippen LogP contribution in [0.2, 0.25) is 5.02 Å². The quantitative estimate of drug-likeness (QED) is 0.749. The van der Waals surface area contributed by atoms with E-state index in [1.165, 1.54) is 12.8 Å². The maximum absolute atomic E-state index is 5.97. The molecule has 1 atom stereocenters. The van der Waals surface area contributed by atoms with E-state index in [0.717, 1.165) is 29.4 Å². The van der Waals surface area contributed by atoms with E-state index in [4.69, 9.17) is 16.3 Å². The molecule has 0 aliphatic heterocycles. The van der Waals surface area contributed by atoms with Gasteiger partial charge in [-0.15, -0.1) is 0 Å². The highest BCUT2D eigenvalue weighted by Crippen LogP contribution is 2.21. The fourth-order valence-corrected chi connectivity index (χ4v) is 1.69. The lowest BCUT2D eigenvalue weighted by Gasteiger charge is -2.16. The van der Waals surface area contributed by atoms with Crippen LogP contribution < -0.4 is 10.1 Å². The molecule has 1 unspecified atom stereocenters. The zero-order valence-electron chi connectivity index (χ0n) is 10.9. The second kappa shape index (κ2) is 7.57. The average molecular weight is 256 g/mol. The Labute approximate surface area is 109 Å². The predicted molar refractivity (Wildman–Crippen MR) is 74.1 cm³/mol. The van der Waals surface area contributed by atoms with Crippen molar-refractivity contribution in [3.8, 4) is 5.75 Å². The van der Waals surface area contributed by atoms with Gasteiger partial charge in [-0.3, -0.25) is 0 Å². The number of ether oxygens (including phenoxy) is 1. The first-order valence-corrected chi connectivity index (χ1v) is 6.64. The summed E-state index contributed by atoms with van der Waals surface area (Å²) in [5.41, 5.74) is 1.05. The van der Waals surface area contributed by atoms with Gasteiger partial charge in [0, 0.05) is 11.6 Å². The van der Waals surface area contributed by atoms with E-state index in [1.54, 1.807) is 0 Å². The Morgan fingerprint density at radius 3 is 2.82 bits per heavy atom. The third-order valence-corrected chi connectivity index (χ3v) is 3.03. The zero-order valence-corrected chi connectivity index (χ0v) is 11.7. The summed E-state index contributed by atoms with van der Waals surface area (Å²) in [4.78, 5) is 0. The van der Waals surface area contributed by atoms with Crippen LogP contribution in [-0.4, -0.2) is 19.2 Å². The second-order valence-electron chi connectivity index (χ2n) is 4.40. The Balaban J connectivity index is 2.34. The van der Waals surface area contributed by atoms with Crippen LogP contribution in [0.1, 0.15) is 32.3 Å². The van der Waals surface area contributed by atoms with Crippen molar-refractivity contribution in [3.63, 3.8) is 0 Å². The lowest BCUT2D eigenvalue weighted by Crippen LogP contribution is -2.29. The van der Waals surface area contributed by atoms with E-state index in [-0.39, 0.29) is 6.10 Å². The van der Waals surface area contributed by atoms with Crippen molar-refractivity contribution in [2.45, 2.75) is 39.7 Å². The highest BCUT2D eigenvalue weighted by Gasteiger charge is 2.04. The van der Waals surface area contributed by atoms with E-state index in [1.807, 2.05) is 25.1 Å². The maximum Gasteiger partial charge on any atom is 0.120 e. The molecule has 17 heavy (non-hydrogen) atoms. The summed E-state index contributed by atoms with van der Waals surface area (Å²) >= 11 is 5.97. The molecule has 1 aromatic carbocycles. The van der Waals surface area contributed by atoms with Crippen LogP contribution in [0.15, 0.2) is 18.2 Å². The Morgan fingerprint density at radius 2 is 2.18 bits per heavy atom. The van der Waals surface area contributed by atoms with Crippen molar-refractivity contribution in [1.82, 2.24) is 5.32 Å². The number of hydrogen-bond acceptors (Lipinski definition) is 2. The minimum atomic E-state index is 0.174. The lowest BCUT2D eigenvalue weighted by atomic mass is 10.2. The molecule has 0 amide bonds. The molecule has 0 heterocycles. The second-order valence-corrected chi connectivity index (χ2v) is 4.80. The topological polar surface area (TPSA) is 21.3 Å². The average Bonchev–Trinajstić information content (AvgIpc) is 2.30. The zero-order chi connectivity index (χ0) is 12.7. The minimum Gasteiger partial charge on any atom is -0.489 e. The summed E-state index contributed by atoms with van der Waals surface area (Å²) in [6, 6.07) is 5.77. The van der Waals surface area contributed by atoms with E-state index in [0.29, 0.717) is 0 Å². The molecule has 0 saturated carbocycles. The number of nitrogens with one attached hydrogen (secondary N) is 1. The number of rotatable bonds is 7. The summed E-state index contributed by atoms with van der Waals surface area (Å²) in [5.74, 6) is 0.886. The maximum atomic E-state index is 5.97. The first kappa shape index (κ1) is 14.3. The molecule has 1 rings (SSSR count). The normalized spacial score (nSPS) is 12.5. The van der Waals surface area contributed by atoms with Crippen molar-refractivity contribution < 1.29 is 4.74 Å². The molecule has 1 aromatic rings. The Hall–Kier alpha value is -0.730. The highest BCUT2D eigenvalue weighted by atomic mass is 35.5. The minimum absolute atomic E-state index is 0.174. The molecular formula is C14H22ClNO. The Bertz CT molecular complexity index is 341. The van der Waals surface area contributed by atoms with Crippen molar-refractivity contribution in [2.75, 3.05) is 13.1 Å². The van der Waals surface area contributed by atoms with Gasteiger partial charge in [0.05, 0.1) is 0 Å². The fraction of sp³-hybridized carbons (Fsp3) is 0.571. The molecule has 0 bridgehead atoms. The third-order valence-electron chi connectivity index (χ3n) is 2.61. The van der Waals surface area contributed by atoms with Gasteiger partial charge in [0.2, 0.25) is 0 Å². The van der Waals surface area contributed by atoms with Gasteiger partial charge in [-0.05, 0) is 50.6 Å². The van der Waals surface area contributed by atoms with Crippen molar-refractivity contribution in [2.24, 2.45) is 0 Å². The summed E-state index contributed by atoms with van der Waals surface area (Å²) < 4.78 is 5.81. The van der Waals surface area contributed by atoms with Gasteiger partial charge in [-0.1, -0.05) is 24.9 Å². The molecule has 96 valence electrons. The number of unbranched alkanes of at least 4 members (excludes halogenated alkanes) is 1. The number of aryl methyl sites for hydroxylation is 1. The SMILES string of the molecule is CCCCNCC(C)Oc1ccc(Cl)c(C)c1. The van der Waals surface area contributed by atoms with E-state index in [2.05, 4.69) is 19.2 Å². The summed E-state index contributed by atoms with van der Waals surface area (Å²) in [5, 5.41) is 4.16.